The monoisotopic (exact) mass is 387 g/mol. The van der Waals surface area contributed by atoms with Crippen molar-refractivity contribution < 1.29 is 4.79 Å². The Hall–Kier alpha value is -0.760. The molecular weight excluding hydrogens is 370 g/mol. The van der Waals surface area contributed by atoms with Gasteiger partial charge in [-0.05, 0) is 24.5 Å². The summed E-state index contributed by atoms with van der Waals surface area (Å²) in [6, 6.07) is 7.88. The van der Waals surface area contributed by atoms with Gasteiger partial charge in [0, 0.05) is 17.3 Å². The molecule has 1 aromatic carbocycles. The Labute approximate surface area is 153 Å². The van der Waals surface area contributed by atoms with E-state index in [1.54, 1.807) is 11.8 Å². The van der Waals surface area contributed by atoms with Crippen LogP contribution in [0, 0.1) is 0 Å². The Morgan fingerprint density at radius 1 is 1.26 bits per heavy atom. The highest BCUT2D eigenvalue weighted by atomic mass is 35.5. The molecule has 0 spiro atoms. The molecule has 0 unspecified atom stereocenters. The first kappa shape index (κ1) is 18.6. The van der Waals surface area contributed by atoms with E-state index in [0.29, 0.717) is 5.75 Å². The number of amides is 1. The number of benzene rings is 1. The second-order valence-electron chi connectivity index (χ2n) is 4.66. The molecule has 2 rings (SSSR count). The minimum atomic E-state index is 0.0416. The molecule has 8 heteroatoms. The van der Waals surface area contributed by atoms with Crippen molar-refractivity contribution in [2.24, 2.45) is 0 Å². The molecule has 0 saturated heterocycles. The number of nitrogens with zero attached hydrogens (tertiary/aromatic N) is 2. The fourth-order valence-electron chi connectivity index (χ4n) is 1.71. The first-order valence-corrected chi connectivity index (χ1v) is 10.4. The molecule has 23 heavy (non-hydrogen) atoms. The average Bonchev–Trinajstić information content (AvgIpc) is 3.00. The van der Waals surface area contributed by atoms with Crippen LogP contribution in [0.2, 0.25) is 5.02 Å². The van der Waals surface area contributed by atoms with E-state index in [0.717, 1.165) is 44.4 Å². The molecule has 2 aromatic rings. The number of thioether (sulfide) groups is 2. The maximum Gasteiger partial charge on any atom is 0.230 e. The zero-order valence-corrected chi connectivity index (χ0v) is 16.0. The minimum Gasteiger partial charge on any atom is -0.355 e. The molecule has 1 aromatic heterocycles. The maximum atomic E-state index is 11.5. The van der Waals surface area contributed by atoms with Gasteiger partial charge in [0.2, 0.25) is 5.91 Å². The van der Waals surface area contributed by atoms with Gasteiger partial charge in [-0.15, -0.1) is 10.2 Å². The quantitative estimate of drug-likeness (QED) is 0.655. The van der Waals surface area contributed by atoms with Crippen LogP contribution in [0.4, 0.5) is 0 Å². The molecule has 0 saturated carbocycles. The molecule has 124 valence electrons. The van der Waals surface area contributed by atoms with Gasteiger partial charge in [-0.3, -0.25) is 4.79 Å². The van der Waals surface area contributed by atoms with E-state index in [2.05, 4.69) is 15.5 Å². The fourth-order valence-corrected chi connectivity index (χ4v) is 4.83. The van der Waals surface area contributed by atoms with Gasteiger partial charge in [0.15, 0.2) is 8.68 Å². The molecule has 1 amide bonds. The Morgan fingerprint density at radius 2 is 2.00 bits per heavy atom. The summed E-state index contributed by atoms with van der Waals surface area (Å²) >= 11 is 10.8. The van der Waals surface area contributed by atoms with Crippen LogP contribution >= 0.6 is 46.5 Å². The molecule has 0 radical (unpaired) electrons. The van der Waals surface area contributed by atoms with Crippen molar-refractivity contribution >= 4 is 52.4 Å². The molecule has 0 aliphatic carbocycles. The molecule has 0 aliphatic heterocycles. The van der Waals surface area contributed by atoms with E-state index in [9.17, 15) is 4.79 Å². The van der Waals surface area contributed by atoms with Crippen LogP contribution in [0.15, 0.2) is 32.9 Å². The number of halogens is 1. The first-order valence-electron chi connectivity index (χ1n) is 7.28. The summed E-state index contributed by atoms with van der Waals surface area (Å²) in [5.74, 6) is 1.33. The topological polar surface area (TPSA) is 54.9 Å². The number of carbonyl (C=O) groups is 1. The van der Waals surface area contributed by atoms with Crippen molar-refractivity contribution in [2.45, 2.75) is 28.4 Å². The average molecular weight is 388 g/mol. The van der Waals surface area contributed by atoms with Gasteiger partial charge < -0.3 is 5.32 Å². The Morgan fingerprint density at radius 3 is 2.74 bits per heavy atom. The number of aromatic nitrogens is 2. The largest absolute Gasteiger partial charge is 0.355 e. The van der Waals surface area contributed by atoms with E-state index < -0.39 is 0 Å². The molecule has 1 heterocycles. The smallest absolute Gasteiger partial charge is 0.230 e. The van der Waals surface area contributed by atoms with Crippen molar-refractivity contribution in [2.75, 3.05) is 18.1 Å². The first-order chi connectivity index (χ1) is 11.2. The SMILES string of the molecule is CCCNC(=O)CSc1nnc(SCCc2ccccc2Cl)s1. The zero-order valence-electron chi connectivity index (χ0n) is 12.8. The predicted molar refractivity (Wildman–Crippen MR) is 99.8 cm³/mol. The van der Waals surface area contributed by atoms with Gasteiger partial charge in [-0.1, -0.05) is 71.6 Å². The standard InChI is InChI=1S/C15H18ClN3OS3/c1-2-8-17-13(20)10-22-15-19-18-14(23-15)21-9-7-11-5-3-4-6-12(11)16/h3-6H,2,7-10H2,1H3,(H,17,20). The molecular formula is C15H18ClN3OS3. The van der Waals surface area contributed by atoms with E-state index in [1.807, 2.05) is 31.2 Å². The molecule has 0 atom stereocenters. The van der Waals surface area contributed by atoms with Crippen molar-refractivity contribution in [3.8, 4) is 0 Å². The third kappa shape index (κ3) is 6.71. The van der Waals surface area contributed by atoms with E-state index >= 15 is 0 Å². The van der Waals surface area contributed by atoms with E-state index in [4.69, 9.17) is 11.6 Å². The molecule has 1 N–H and O–H groups in total. The summed E-state index contributed by atoms with van der Waals surface area (Å²) in [7, 11) is 0. The highest BCUT2D eigenvalue weighted by Gasteiger charge is 2.08. The molecule has 0 fully saturated rings. The van der Waals surface area contributed by atoms with Crippen molar-refractivity contribution in [1.29, 1.82) is 0 Å². The number of hydrogen-bond donors (Lipinski definition) is 1. The van der Waals surface area contributed by atoms with Gasteiger partial charge in [-0.25, -0.2) is 0 Å². The third-order valence-electron chi connectivity index (χ3n) is 2.84. The van der Waals surface area contributed by atoms with E-state index in [1.165, 1.54) is 23.1 Å². The molecule has 4 nitrogen and oxygen atoms in total. The van der Waals surface area contributed by atoms with Gasteiger partial charge in [-0.2, -0.15) is 0 Å². The number of carbonyl (C=O) groups excluding carboxylic acids is 1. The van der Waals surface area contributed by atoms with E-state index in [-0.39, 0.29) is 5.91 Å². The number of hydrogen-bond acceptors (Lipinski definition) is 6. The Bertz CT molecular complexity index is 636. The molecule has 0 aliphatic rings. The summed E-state index contributed by atoms with van der Waals surface area (Å²) in [5, 5.41) is 11.9. The fraction of sp³-hybridized carbons (Fsp3) is 0.400. The van der Waals surface area contributed by atoms with Crippen LogP contribution in [0.3, 0.4) is 0 Å². The predicted octanol–water partition coefficient (Wildman–Crippen LogP) is 4.14. The normalized spacial score (nSPS) is 10.7. The van der Waals surface area contributed by atoms with Crippen LogP contribution in [-0.2, 0) is 11.2 Å². The van der Waals surface area contributed by atoms with Crippen LogP contribution in [-0.4, -0.2) is 34.2 Å². The van der Waals surface area contributed by atoms with Gasteiger partial charge in [0.05, 0.1) is 5.75 Å². The van der Waals surface area contributed by atoms with Gasteiger partial charge >= 0.3 is 0 Å². The van der Waals surface area contributed by atoms with Crippen molar-refractivity contribution in [3.63, 3.8) is 0 Å². The van der Waals surface area contributed by atoms with Crippen LogP contribution in [0.5, 0.6) is 0 Å². The lowest BCUT2D eigenvalue weighted by atomic mass is 10.2. The molecule has 0 bridgehead atoms. The number of nitrogens with one attached hydrogen (secondary N) is 1. The Kier molecular flexibility index (Phi) is 8.22. The lowest BCUT2D eigenvalue weighted by Gasteiger charge is -2.02. The number of aryl methyl sites for hydroxylation is 1. The van der Waals surface area contributed by atoms with Crippen molar-refractivity contribution in [1.82, 2.24) is 15.5 Å². The minimum absolute atomic E-state index is 0.0416. The van der Waals surface area contributed by atoms with Gasteiger partial charge in [0.1, 0.15) is 0 Å². The lowest BCUT2D eigenvalue weighted by molar-refractivity contribution is -0.118. The van der Waals surface area contributed by atoms with Crippen LogP contribution in [0.1, 0.15) is 18.9 Å². The Balaban J connectivity index is 1.72. The number of rotatable bonds is 9. The summed E-state index contributed by atoms with van der Waals surface area (Å²) < 4.78 is 1.76. The van der Waals surface area contributed by atoms with Crippen LogP contribution < -0.4 is 5.32 Å². The van der Waals surface area contributed by atoms with Crippen molar-refractivity contribution in [3.05, 3.63) is 34.9 Å². The van der Waals surface area contributed by atoms with Gasteiger partial charge in [0.25, 0.3) is 0 Å². The summed E-state index contributed by atoms with van der Waals surface area (Å²) in [6.45, 7) is 2.75. The second kappa shape index (κ2) is 10.2. The zero-order chi connectivity index (χ0) is 16.5. The highest BCUT2D eigenvalue weighted by molar-refractivity contribution is 8.03. The second-order valence-corrected chi connectivity index (χ2v) is 8.61. The highest BCUT2D eigenvalue weighted by Crippen LogP contribution is 2.29. The lowest BCUT2D eigenvalue weighted by Crippen LogP contribution is -2.25. The van der Waals surface area contributed by atoms with Crippen LogP contribution in [0.25, 0.3) is 0 Å². The summed E-state index contributed by atoms with van der Waals surface area (Å²) in [4.78, 5) is 11.5. The summed E-state index contributed by atoms with van der Waals surface area (Å²) in [6.07, 6.45) is 1.84. The summed E-state index contributed by atoms with van der Waals surface area (Å²) in [5.41, 5.74) is 1.15. The maximum absolute atomic E-state index is 11.5. The third-order valence-corrected chi connectivity index (χ3v) is 6.40.